The first-order valence-electron chi connectivity index (χ1n) is 7.98. The van der Waals surface area contributed by atoms with Crippen molar-refractivity contribution in [1.29, 1.82) is 0 Å². The van der Waals surface area contributed by atoms with Gasteiger partial charge in [0.25, 0.3) is 0 Å². The molecule has 0 heterocycles. The Kier molecular flexibility index (Phi) is 5.19. The van der Waals surface area contributed by atoms with Crippen LogP contribution in [0.3, 0.4) is 0 Å². The Hall–Kier alpha value is -1.60. The van der Waals surface area contributed by atoms with E-state index < -0.39 is 5.54 Å². The summed E-state index contributed by atoms with van der Waals surface area (Å²) in [6.45, 7) is 4.43. The highest BCUT2D eigenvalue weighted by Crippen LogP contribution is 2.46. The molecule has 0 aromatic heterocycles. The number of nitrogens with zero attached hydrogens (tertiary/aromatic N) is 1. The second-order valence-electron chi connectivity index (χ2n) is 5.91. The van der Waals surface area contributed by atoms with Crippen LogP contribution in [0.1, 0.15) is 69.4 Å². The van der Waals surface area contributed by atoms with Gasteiger partial charge in [-0.15, -0.1) is 0 Å². The first-order chi connectivity index (χ1) is 10.2. The van der Waals surface area contributed by atoms with Gasteiger partial charge in [0.15, 0.2) is 0 Å². The van der Waals surface area contributed by atoms with E-state index in [0.29, 0.717) is 5.92 Å². The maximum absolute atomic E-state index is 10.9. The number of ether oxygens (including phenoxy) is 1. The lowest BCUT2D eigenvalue weighted by Gasteiger charge is -2.27. The Bertz CT molecular complexity index is 522. The quantitative estimate of drug-likeness (QED) is 0.561. The van der Waals surface area contributed by atoms with Gasteiger partial charge in [0.05, 0.1) is 7.11 Å². The highest BCUT2D eigenvalue weighted by molar-refractivity contribution is 5.47. The van der Waals surface area contributed by atoms with Crippen LogP contribution in [0.2, 0.25) is 0 Å². The third kappa shape index (κ3) is 3.03. The summed E-state index contributed by atoms with van der Waals surface area (Å²) in [5.74, 6) is 1.39. The van der Waals surface area contributed by atoms with E-state index in [0.717, 1.165) is 49.8 Å². The molecule has 0 spiro atoms. The minimum atomic E-state index is -0.421. The Labute approximate surface area is 127 Å². The number of methoxy groups -OCH3 is 1. The summed E-state index contributed by atoms with van der Waals surface area (Å²) >= 11 is 0. The molecule has 1 aromatic carbocycles. The minimum absolute atomic E-state index is 0.421. The van der Waals surface area contributed by atoms with Crippen molar-refractivity contribution in [3.05, 3.63) is 29.3 Å². The average molecular weight is 287 g/mol. The molecule has 3 heteroatoms. The second kappa shape index (κ2) is 6.91. The Morgan fingerprint density at radius 1 is 1.29 bits per heavy atom. The third-order valence-corrected chi connectivity index (χ3v) is 4.87. The predicted molar refractivity (Wildman–Crippen MR) is 84.6 cm³/mol. The molecule has 3 nitrogen and oxygen atoms in total. The molecule has 114 valence electrons. The van der Waals surface area contributed by atoms with Crippen molar-refractivity contribution in [1.82, 2.24) is 0 Å². The van der Waals surface area contributed by atoms with Crippen LogP contribution >= 0.6 is 0 Å². The zero-order chi connectivity index (χ0) is 15.3. The van der Waals surface area contributed by atoms with Crippen LogP contribution in [0.4, 0.5) is 0 Å². The first kappa shape index (κ1) is 15.8. The van der Waals surface area contributed by atoms with Gasteiger partial charge in [-0.3, -0.25) is 0 Å². The Morgan fingerprint density at radius 3 is 2.48 bits per heavy atom. The molecule has 0 bridgehead atoms. The SMILES string of the molecule is CCC(CC)c1ccc(OC)c(C2(N=C=O)CCCC2)c1. The van der Waals surface area contributed by atoms with Gasteiger partial charge in [0.2, 0.25) is 6.08 Å². The largest absolute Gasteiger partial charge is 0.496 e. The normalized spacial score (nSPS) is 16.8. The first-order valence-corrected chi connectivity index (χ1v) is 7.98. The van der Waals surface area contributed by atoms with E-state index in [1.165, 1.54) is 5.56 Å². The molecule has 1 aromatic rings. The number of aliphatic imine (C=N–C) groups is 1. The molecule has 0 atom stereocenters. The van der Waals surface area contributed by atoms with Crippen LogP contribution in [0.15, 0.2) is 23.2 Å². The Morgan fingerprint density at radius 2 is 1.95 bits per heavy atom. The number of rotatable bonds is 6. The van der Waals surface area contributed by atoms with Gasteiger partial charge in [0, 0.05) is 5.56 Å². The van der Waals surface area contributed by atoms with Gasteiger partial charge >= 0.3 is 0 Å². The molecule has 21 heavy (non-hydrogen) atoms. The van der Waals surface area contributed by atoms with Gasteiger partial charge in [-0.25, -0.2) is 4.79 Å². The van der Waals surface area contributed by atoms with E-state index in [2.05, 4.69) is 31.0 Å². The van der Waals surface area contributed by atoms with E-state index in [9.17, 15) is 4.79 Å². The molecule has 0 saturated heterocycles. The lowest BCUT2D eigenvalue weighted by Crippen LogP contribution is -2.20. The van der Waals surface area contributed by atoms with Gasteiger partial charge in [0.1, 0.15) is 11.3 Å². The molecule has 1 fully saturated rings. The predicted octanol–water partition coefficient (Wildman–Crippen LogP) is 4.70. The van der Waals surface area contributed by atoms with Gasteiger partial charge in [-0.1, -0.05) is 32.8 Å². The smallest absolute Gasteiger partial charge is 0.235 e. The maximum atomic E-state index is 10.9. The van der Waals surface area contributed by atoms with E-state index in [-0.39, 0.29) is 0 Å². The van der Waals surface area contributed by atoms with E-state index in [1.54, 1.807) is 13.2 Å². The summed E-state index contributed by atoms with van der Waals surface area (Å²) in [4.78, 5) is 15.1. The maximum Gasteiger partial charge on any atom is 0.235 e. The highest BCUT2D eigenvalue weighted by Gasteiger charge is 2.38. The van der Waals surface area contributed by atoms with Crippen molar-refractivity contribution >= 4 is 6.08 Å². The monoisotopic (exact) mass is 287 g/mol. The van der Waals surface area contributed by atoms with E-state index in [1.807, 2.05) is 6.07 Å². The van der Waals surface area contributed by atoms with Crippen LogP contribution in [0.25, 0.3) is 0 Å². The van der Waals surface area contributed by atoms with Crippen molar-refractivity contribution in [2.24, 2.45) is 4.99 Å². The summed E-state index contributed by atoms with van der Waals surface area (Å²) in [6.07, 6.45) is 8.05. The van der Waals surface area contributed by atoms with Crippen LogP contribution in [-0.4, -0.2) is 13.2 Å². The minimum Gasteiger partial charge on any atom is -0.496 e. The lowest BCUT2D eigenvalue weighted by molar-refractivity contribution is 0.378. The van der Waals surface area contributed by atoms with E-state index in [4.69, 9.17) is 4.74 Å². The van der Waals surface area contributed by atoms with Crippen molar-refractivity contribution in [2.45, 2.75) is 63.8 Å². The van der Waals surface area contributed by atoms with Crippen LogP contribution in [-0.2, 0) is 10.3 Å². The topological polar surface area (TPSA) is 38.7 Å². The van der Waals surface area contributed by atoms with Gasteiger partial charge in [-0.2, -0.15) is 4.99 Å². The molecular weight excluding hydrogens is 262 g/mol. The molecule has 0 unspecified atom stereocenters. The van der Waals surface area contributed by atoms with Crippen molar-refractivity contribution in [3.63, 3.8) is 0 Å². The zero-order valence-corrected chi connectivity index (χ0v) is 13.3. The highest BCUT2D eigenvalue weighted by atomic mass is 16.5. The number of hydrogen-bond donors (Lipinski definition) is 0. The summed E-state index contributed by atoms with van der Waals surface area (Å²) in [6, 6.07) is 6.39. The van der Waals surface area contributed by atoms with Crippen LogP contribution < -0.4 is 4.74 Å². The molecule has 0 N–H and O–H groups in total. The molecular formula is C18H25NO2. The fourth-order valence-corrected chi connectivity index (χ4v) is 3.59. The molecule has 0 aliphatic heterocycles. The average Bonchev–Trinajstić information content (AvgIpc) is 2.98. The summed E-state index contributed by atoms with van der Waals surface area (Å²) in [7, 11) is 1.68. The molecule has 0 radical (unpaired) electrons. The molecule has 1 aliphatic carbocycles. The van der Waals surface area contributed by atoms with Crippen LogP contribution in [0.5, 0.6) is 5.75 Å². The fraction of sp³-hybridized carbons (Fsp3) is 0.611. The number of hydrogen-bond acceptors (Lipinski definition) is 3. The summed E-state index contributed by atoms with van der Waals surface area (Å²) < 4.78 is 5.54. The number of benzene rings is 1. The molecule has 2 rings (SSSR count). The molecule has 1 aliphatic rings. The molecule has 0 amide bonds. The van der Waals surface area contributed by atoms with Gasteiger partial charge in [-0.05, 0) is 49.3 Å². The standard InChI is InChI=1S/C18H25NO2/c1-4-14(5-2)15-8-9-17(21-3)16(12-15)18(19-13-20)10-6-7-11-18/h8-9,12,14H,4-7,10-11H2,1-3H3. The zero-order valence-electron chi connectivity index (χ0n) is 13.3. The van der Waals surface area contributed by atoms with Crippen molar-refractivity contribution in [2.75, 3.05) is 7.11 Å². The summed E-state index contributed by atoms with van der Waals surface area (Å²) in [5.41, 5.74) is 1.97. The summed E-state index contributed by atoms with van der Waals surface area (Å²) in [5, 5.41) is 0. The number of isocyanates is 1. The fourth-order valence-electron chi connectivity index (χ4n) is 3.59. The van der Waals surface area contributed by atoms with Gasteiger partial charge < -0.3 is 4.74 Å². The second-order valence-corrected chi connectivity index (χ2v) is 5.91. The lowest BCUT2D eigenvalue weighted by atomic mass is 9.84. The van der Waals surface area contributed by atoms with Crippen molar-refractivity contribution in [3.8, 4) is 5.75 Å². The molecule has 1 saturated carbocycles. The number of carbonyl (C=O) groups excluding carboxylic acids is 1. The Balaban J connectivity index is 2.53. The third-order valence-electron chi connectivity index (χ3n) is 4.87. The van der Waals surface area contributed by atoms with E-state index >= 15 is 0 Å². The van der Waals surface area contributed by atoms with Crippen molar-refractivity contribution < 1.29 is 9.53 Å². The van der Waals surface area contributed by atoms with Crippen LogP contribution in [0, 0.1) is 0 Å².